The number of furan rings is 1. The molecule has 5 heteroatoms. The fourth-order valence-electron chi connectivity index (χ4n) is 1.81. The Morgan fingerprint density at radius 2 is 2.13 bits per heavy atom. The molecule has 1 heterocycles. The lowest BCUT2D eigenvalue weighted by Crippen LogP contribution is -2.23. The highest BCUT2D eigenvalue weighted by Gasteiger charge is 2.07. The number of ether oxygens (including phenoxy) is 1. The molecule has 0 aliphatic rings. The van der Waals surface area contributed by atoms with Crippen LogP contribution in [-0.4, -0.2) is 13.0 Å². The van der Waals surface area contributed by atoms with Crippen LogP contribution < -0.4 is 10.1 Å². The number of hydrogen-bond acceptors (Lipinski definition) is 4. The third-order valence-electron chi connectivity index (χ3n) is 3.04. The van der Waals surface area contributed by atoms with E-state index in [2.05, 4.69) is 5.32 Å². The van der Waals surface area contributed by atoms with Gasteiger partial charge in [-0.05, 0) is 42.0 Å². The van der Waals surface area contributed by atoms with Gasteiger partial charge in [-0.3, -0.25) is 4.79 Å². The average molecular weight is 308 g/mol. The lowest BCUT2D eigenvalue weighted by atomic mass is 10.2. The number of carbonyl (C=O) groups is 1. The minimum absolute atomic E-state index is 0.0290. The van der Waals surface area contributed by atoms with Gasteiger partial charge < -0.3 is 14.5 Å². The molecule has 1 N–H and O–H groups in total. The van der Waals surface area contributed by atoms with Crippen molar-refractivity contribution in [2.24, 2.45) is 0 Å². The first kappa shape index (κ1) is 16.1. The highest BCUT2D eigenvalue weighted by molar-refractivity contribution is 5.97. The second kappa shape index (κ2) is 8.25. The maximum atomic E-state index is 12.0. The Morgan fingerprint density at radius 1 is 1.35 bits per heavy atom. The maximum absolute atomic E-state index is 12.0. The quantitative estimate of drug-likeness (QED) is 0.505. The molecule has 116 valence electrons. The van der Waals surface area contributed by atoms with Gasteiger partial charge in [-0.25, -0.2) is 0 Å². The van der Waals surface area contributed by atoms with Crippen molar-refractivity contribution < 1.29 is 13.9 Å². The molecule has 5 nitrogen and oxygen atoms in total. The zero-order valence-electron chi connectivity index (χ0n) is 12.7. The summed E-state index contributed by atoms with van der Waals surface area (Å²) < 4.78 is 10.2. The average Bonchev–Trinajstić information content (AvgIpc) is 3.10. The van der Waals surface area contributed by atoms with Crippen LogP contribution in [0.5, 0.6) is 5.75 Å². The predicted molar refractivity (Wildman–Crippen MR) is 86.3 cm³/mol. The molecule has 2 rings (SSSR count). The number of nitrogens with zero attached hydrogens (tertiary/aromatic N) is 1. The summed E-state index contributed by atoms with van der Waals surface area (Å²) in [6.45, 7) is 0.337. The molecule has 0 spiro atoms. The van der Waals surface area contributed by atoms with E-state index in [-0.39, 0.29) is 5.57 Å². The van der Waals surface area contributed by atoms with Crippen molar-refractivity contribution in [3.05, 3.63) is 71.7 Å². The fraction of sp³-hybridized carbons (Fsp3) is 0.111. The van der Waals surface area contributed by atoms with Crippen molar-refractivity contribution in [2.75, 3.05) is 7.11 Å². The summed E-state index contributed by atoms with van der Waals surface area (Å²) in [5, 5.41) is 11.8. The van der Waals surface area contributed by atoms with Crippen LogP contribution in [0.3, 0.4) is 0 Å². The van der Waals surface area contributed by atoms with Crippen molar-refractivity contribution in [3.63, 3.8) is 0 Å². The zero-order chi connectivity index (χ0) is 16.5. The summed E-state index contributed by atoms with van der Waals surface area (Å²) in [4.78, 5) is 12.0. The molecule has 1 aromatic heterocycles. The van der Waals surface area contributed by atoms with Gasteiger partial charge in [0.2, 0.25) is 0 Å². The molecular weight excluding hydrogens is 292 g/mol. The van der Waals surface area contributed by atoms with E-state index in [1.54, 1.807) is 37.7 Å². The second-order valence-corrected chi connectivity index (χ2v) is 4.60. The van der Waals surface area contributed by atoms with Crippen molar-refractivity contribution in [1.82, 2.24) is 5.32 Å². The second-order valence-electron chi connectivity index (χ2n) is 4.60. The van der Waals surface area contributed by atoms with Crippen molar-refractivity contribution >= 4 is 12.0 Å². The van der Waals surface area contributed by atoms with Gasteiger partial charge in [-0.2, -0.15) is 5.26 Å². The minimum Gasteiger partial charge on any atom is -0.497 e. The highest BCUT2D eigenvalue weighted by atomic mass is 16.5. The van der Waals surface area contributed by atoms with Crippen LogP contribution >= 0.6 is 0 Å². The van der Waals surface area contributed by atoms with Crippen molar-refractivity contribution in [2.45, 2.75) is 6.54 Å². The monoisotopic (exact) mass is 308 g/mol. The van der Waals surface area contributed by atoms with E-state index in [1.807, 2.05) is 30.3 Å². The largest absolute Gasteiger partial charge is 0.497 e. The minimum atomic E-state index is -0.424. The highest BCUT2D eigenvalue weighted by Crippen LogP contribution is 2.11. The molecule has 0 fully saturated rings. The Hall–Kier alpha value is -3.26. The van der Waals surface area contributed by atoms with Crippen LogP contribution in [0.25, 0.3) is 6.08 Å². The Labute approximate surface area is 134 Å². The summed E-state index contributed by atoms with van der Waals surface area (Å²) in [6.07, 6.45) is 6.28. The van der Waals surface area contributed by atoms with E-state index in [0.717, 1.165) is 11.3 Å². The molecule has 0 saturated carbocycles. The Bertz CT molecular complexity index is 736. The zero-order valence-corrected chi connectivity index (χ0v) is 12.7. The van der Waals surface area contributed by atoms with Crippen LogP contribution in [0.2, 0.25) is 0 Å². The molecule has 0 saturated heterocycles. The van der Waals surface area contributed by atoms with Gasteiger partial charge in [0, 0.05) is 6.54 Å². The molecule has 1 aromatic carbocycles. The van der Waals surface area contributed by atoms with Crippen LogP contribution in [0.1, 0.15) is 11.3 Å². The van der Waals surface area contributed by atoms with Gasteiger partial charge in [-0.15, -0.1) is 0 Å². The Balaban J connectivity index is 1.93. The molecule has 2 aromatic rings. The lowest BCUT2D eigenvalue weighted by molar-refractivity contribution is -0.117. The molecule has 1 amide bonds. The topological polar surface area (TPSA) is 75.3 Å². The fourth-order valence-corrected chi connectivity index (χ4v) is 1.81. The number of rotatable bonds is 6. The van der Waals surface area contributed by atoms with Crippen LogP contribution in [0.4, 0.5) is 0 Å². The third-order valence-corrected chi connectivity index (χ3v) is 3.04. The van der Waals surface area contributed by atoms with E-state index in [1.165, 1.54) is 6.08 Å². The van der Waals surface area contributed by atoms with E-state index in [0.29, 0.717) is 12.3 Å². The Kier molecular flexibility index (Phi) is 5.78. The van der Waals surface area contributed by atoms with E-state index in [4.69, 9.17) is 14.4 Å². The van der Waals surface area contributed by atoms with Crippen molar-refractivity contribution in [3.8, 4) is 11.8 Å². The standard InChI is InChI=1S/C18H16N2O3/c1-22-16-9-7-14(8-10-16)13-20-18(21)15(12-19)4-2-5-17-6-3-11-23-17/h2-11H,13H2,1H3,(H,20,21)/b5-2+,15-4-. The number of allylic oxidation sites excluding steroid dienone is 2. The summed E-state index contributed by atoms with van der Waals surface area (Å²) >= 11 is 0. The number of nitrogens with one attached hydrogen (secondary N) is 1. The molecule has 0 aliphatic heterocycles. The molecule has 0 unspecified atom stereocenters. The molecular formula is C18H16N2O3. The number of methoxy groups -OCH3 is 1. The summed E-state index contributed by atoms with van der Waals surface area (Å²) in [7, 11) is 1.59. The van der Waals surface area contributed by atoms with Gasteiger partial charge >= 0.3 is 0 Å². The molecule has 0 bridgehead atoms. The lowest BCUT2D eigenvalue weighted by Gasteiger charge is -2.05. The molecule has 0 aliphatic carbocycles. The first-order valence-corrected chi connectivity index (χ1v) is 6.96. The molecule has 23 heavy (non-hydrogen) atoms. The van der Waals surface area contributed by atoms with Crippen LogP contribution in [-0.2, 0) is 11.3 Å². The number of hydrogen-bond donors (Lipinski definition) is 1. The van der Waals surface area contributed by atoms with Gasteiger partial charge in [-0.1, -0.05) is 18.2 Å². The van der Waals surface area contributed by atoms with Gasteiger partial charge in [0.15, 0.2) is 0 Å². The SMILES string of the molecule is COc1ccc(CNC(=O)/C(C#N)=C\C=C\c2ccco2)cc1. The number of carbonyl (C=O) groups excluding carboxylic acids is 1. The summed E-state index contributed by atoms with van der Waals surface area (Å²) in [5.74, 6) is 0.977. The van der Waals surface area contributed by atoms with E-state index >= 15 is 0 Å². The van der Waals surface area contributed by atoms with Crippen LogP contribution in [0, 0.1) is 11.3 Å². The van der Waals surface area contributed by atoms with Gasteiger partial charge in [0.05, 0.1) is 13.4 Å². The summed E-state index contributed by atoms with van der Waals surface area (Å²) in [5.41, 5.74) is 0.948. The first-order valence-electron chi connectivity index (χ1n) is 6.96. The van der Waals surface area contributed by atoms with Gasteiger partial charge in [0.25, 0.3) is 5.91 Å². The van der Waals surface area contributed by atoms with E-state index in [9.17, 15) is 4.79 Å². The normalized spacial score (nSPS) is 11.2. The first-order chi connectivity index (χ1) is 11.2. The number of nitriles is 1. The smallest absolute Gasteiger partial charge is 0.262 e. The predicted octanol–water partition coefficient (Wildman–Crippen LogP) is 3.07. The van der Waals surface area contributed by atoms with Crippen LogP contribution in [0.15, 0.2) is 64.8 Å². The number of benzene rings is 1. The summed E-state index contributed by atoms with van der Waals surface area (Å²) in [6, 6.07) is 12.8. The van der Waals surface area contributed by atoms with E-state index < -0.39 is 5.91 Å². The van der Waals surface area contributed by atoms with Crippen molar-refractivity contribution in [1.29, 1.82) is 5.26 Å². The Morgan fingerprint density at radius 3 is 2.74 bits per heavy atom. The molecule has 0 atom stereocenters. The third kappa shape index (κ3) is 4.90. The number of amides is 1. The maximum Gasteiger partial charge on any atom is 0.262 e. The van der Waals surface area contributed by atoms with Gasteiger partial charge in [0.1, 0.15) is 23.2 Å². The molecule has 0 radical (unpaired) electrons.